The Labute approximate surface area is 110 Å². The highest BCUT2D eigenvalue weighted by Crippen LogP contribution is 2.35. The van der Waals surface area contributed by atoms with Gasteiger partial charge in [0.2, 0.25) is 0 Å². The van der Waals surface area contributed by atoms with E-state index in [4.69, 9.17) is 0 Å². The molecular weight excluding hydrogens is 224 g/mol. The number of hydrogen-bond donors (Lipinski definition) is 1. The van der Waals surface area contributed by atoms with Crippen LogP contribution in [0.5, 0.6) is 0 Å². The van der Waals surface area contributed by atoms with Crippen molar-refractivity contribution in [2.24, 2.45) is 5.92 Å². The summed E-state index contributed by atoms with van der Waals surface area (Å²) in [6, 6.07) is 2.54. The summed E-state index contributed by atoms with van der Waals surface area (Å²) in [4.78, 5) is 11.4. The van der Waals surface area contributed by atoms with Crippen LogP contribution in [0.25, 0.3) is 0 Å². The molecule has 1 fully saturated rings. The monoisotopic (exact) mass is 248 g/mol. The van der Waals surface area contributed by atoms with E-state index in [9.17, 15) is 0 Å². The molecule has 2 heterocycles. The average molecular weight is 248 g/mol. The van der Waals surface area contributed by atoms with E-state index in [0.29, 0.717) is 12.0 Å². The third-order valence-corrected chi connectivity index (χ3v) is 3.70. The number of hydrogen-bond acceptors (Lipinski definition) is 4. The van der Waals surface area contributed by atoms with E-state index in [1.165, 1.54) is 25.1 Å². The van der Waals surface area contributed by atoms with Crippen molar-refractivity contribution in [1.82, 2.24) is 20.2 Å². The molecule has 0 aromatic carbocycles. The fraction of sp³-hybridized carbons (Fsp3) is 0.714. The van der Waals surface area contributed by atoms with Gasteiger partial charge in [-0.05, 0) is 58.4 Å². The lowest BCUT2D eigenvalue weighted by Crippen LogP contribution is -2.30. The van der Waals surface area contributed by atoms with Crippen molar-refractivity contribution in [1.29, 1.82) is 0 Å². The quantitative estimate of drug-likeness (QED) is 0.862. The third kappa shape index (κ3) is 2.87. The second kappa shape index (κ2) is 6.25. The molecule has 1 aromatic heterocycles. The van der Waals surface area contributed by atoms with Crippen molar-refractivity contribution in [3.8, 4) is 0 Å². The van der Waals surface area contributed by atoms with Crippen molar-refractivity contribution < 1.29 is 0 Å². The van der Waals surface area contributed by atoms with Crippen molar-refractivity contribution in [3.63, 3.8) is 0 Å². The molecule has 0 amide bonds. The second-order valence-corrected chi connectivity index (χ2v) is 5.12. The maximum atomic E-state index is 4.64. The Morgan fingerprint density at radius 3 is 3.00 bits per heavy atom. The minimum atomic E-state index is 0.457. The Bertz CT molecular complexity index is 366. The molecule has 1 aromatic rings. The number of likely N-dealkylation sites (tertiary alicyclic amines) is 1. The molecule has 2 unspecified atom stereocenters. The number of nitrogens with one attached hydrogen (secondary N) is 1. The van der Waals surface area contributed by atoms with Gasteiger partial charge in [0.15, 0.2) is 0 Å². The van der Waals surface area contributed by atoms with Crippen LogP contribution in [0.4, 0.5) is 0 Å². The summed E-state index contributed by atoms with van der Waals surface area (Å²) in [5.41, 5.74) is 1.19. The van der Waals surface area contributed by atoms with Gasteiger partial charge in [0.1, 0.15) is 5.82 Å². The number of rotatable bonds is 5. The molecule has 1 aliphatic rings. The topological polar surface area (TPSA) is 41.0 Å². The Morgan fingerprint density at radius 1 is 1.50 bits per heavy atom. The molecule has 2 atom stereocenters. The van der Waals surface area contributed by atoms with E-state index >= 15 is 0 Å². The highest BCUT2D eigenvalue weighted by atomic mass is 15.2. The molecule has 0 spiro atoms. The van der Waals surface area contributed by atoms with Gasteiger partial charge in [-0.1, -0.05) is 6.92 Å². The first kappa shape index (κ1) is 13.4. The number of aromatic nitrogens is 2. The minimum Gasteiger partial charge on any atom is -0.319 e. The standard InChI is InChI=1S/C14H24N4/c1-4-8-18-9-6-12(10-15-3)14(18)13-5-7-16-11(2)17-13/h5,7,12,14-15H,4,6,8-10H2,1-3H3. The molecule has 0 aliphatic carbocycles. The zero-order chi connectivity index (χ0) is 13.0. The molecular formula is C14H24N4. The normalized spacial score (nSPS) is 24.6. The van der Waals surface area contributed by atoms with Crippen LogP contribution < -0.4 is 5.32 Å². The van der Waals surface area contributed by atoms with Crippen molar-refractivity contribution in [2.45, 2.75) is 32.7 Å². The molecule has 1 saturated heterocycles. The van der Waals surface area contributed by atoms with Crippen LogP contribution in [-0.2, 0) is 0 Å². The summed E-state index contributed by atoms with van der Waals surface area (Å²) in [5.74, 6) is 1.54. The Morgan fingerprint density at radius 2 is 2.33 bits per heavy atom. The molecule has 0 saturated carbocycles. The molecule has 1 aliphatic heterocycles. The van der Waals surface area contributed by atoms with E-state index in [0.717, 1.165) is 18.9 Å². The highest BCUT2D eigenvalue weighted by molar-refractivity contribution is 5.11. The summed E-state index contributed by atoms with van der Waals surface area (Å²) >= 11 is 0. The first-order valence-corrected chi connectivity index (χ1v) is 6.94. The molecule has 100 valence electrons. The van der Waals surface area contributed by atoms with E-state index in [2.05, 4.69) is 33.2 Å². The first-order chi connectivity index (χ1) is 8.76. The molecule has 1 N–H and O–H groups in total. The van der Waals surface area contributed by atoms with Crippen LogP contribution in [0.2, 0.25) is 0 Å². The summed E-state index contributed by atoms with van der Waals surface area (Å²) < 4.78 is 0. The third-order valence-electron chi connectivity index (χ3n) is 3.70. The van der Waals surface area contributed by atoms with Crippen LogP contribution in [-0.4, -0.2) is 41.5 Å². The predicted molar refractivity (Wildman–Crippen MR) is 73.4 cm³/mol. The molecule has 0 radical (unpaired) electrons. The Kier molecular flexibility index (Phi) is 4.66. The van der Waals surface area contributed by atoms with E-state index in [-0.39, 0.29) is 0 Å². The first-order valence-electron chi connectivity index (χ1n) is 6.94. The Hall–Kier alpha value is -1.00. The zero-order valence-electron chi connectivity index (χ0n) is 11.7. The number of nitrogens with zero attached hydrogens (tertiary/aromatic N) is 3. The molecule has 18 heavy (non-hydrogen) atoms. The van der Waals surface area contributed by atoms with Crippen LogP contribution in [0.1, 0.15) is 37.3 Å². The van der Waals surface area contributed by atoms with Gasteiger partial charge in [0.05, 0.1) is 11.7 Å². The minimum absolute atomic E-state index is 0.457. The lowest BCUT2D eigenvalue weighted by Gasteiger charge is -2.27. The van der Waals surface area contributed by atoms with Gasteiger partial charge >= 0.3 is 0 Å². The smallest absolute Gasteiger partial charge is 0.125 e. The van der Waals surface area contributed by atoms with Crippen LogP contribution >= 0.6 is 0 Å². The fourth-order valence-electron chi connectivity index (χ4n) is 3.01. The van der Waals surface area contributed by atoms with E-state index < -0.39 is 0 Å². The van der Waals surface area contributed by atoms with Crippen molar-refractivity contribution in [2.75, 3.05) is 26.7 Å². The van der Waals surface area contributed by atoms with Gasteiger partial charge in [0.25, 0.3) is 0 Å². The van der Waals surface area contributed by atoms with E-state index in [1.807, 2.05) is 20.2 Å². The largest absolute Gasteiger partial charge is 0.319 e. The Balaban J connectivity index is 2.22. The molecule has 0 bridgehead atoms. The van der Waals surface area contributed by atoms with Gasteiger partial charge in [-0.2, -0.15) is 0 Å². The molecule has 4 nitrogen and oxygen atoms in total. The lowest BCUT2D eigenvalue weighted by atomic mass is 9.97. The summed E-state index contributed by atoms with van der Waals surface area (Å²) in [6.45, 7) is 7.62. The van der Waals surface area contributed by atoms with Crippen LogP contribution in [0.15, 0.2) is 12.3 Å². The van der Waals surface area contributed by atoms with Crippen molar-refractivity contribution in [3.05, 3.63) is 23.8 Å². The average Bonchev–Trinajstić information content (AvgIpc) is 2.73. The van der Waals surface area contributed by atoms with Crippen LogP contribution in [0, 0.1) is 12.8 Å². The van der Waals surface area contributed by atoms with Gasteiger partial charge in [-0.15, -0.1) is 0 Å². The predicted octanol–water partition coefficient (Wildman–Crippen LogP) is 1.78. The summed E-state index contributed by atoms with van der Waals surface area (Å²) in [6.07, 6.45) is 4.35. The SMILES string of the molecule is CCCN1CCC(CNC)C1c1ccnc(C)n1. The zero-order valence-corrected chi connectivity index (χ0v) is 11.7. The van der Waals surface area contributed by atoms with Crippen LogP contribution in [0.3, 0.4) is 0 Å². The van der Waals surface area contributed by atoms with Gasteiger partial charge in [0, 0.05) is 6.20 Å². The fourth-order valence-corrected chi connectivity index (χ4v) is 3.01. The number of aryl methyl sites for hydroxylation is 1. The summed E-state index contributed by atoms with van der Waals surface area (Å²) in [7, 11) is 2.03. The van der Waals surface area contributed by atoms with Gasteiger partial charge < -0.3 is 5.32 Å². The second-order valence-electron chi connectivity index (χ2n) is 5.12. The van der Waals surface area contributed by atoms with Gasteiger partial charge in [-0.3, -0.25) is 4.90 Å². The molecule has 2 rings (SSSR count). The highest BCUT2D eigenvalue weighted by Gasteiger charge is 2.35. The van der Waals surface area contributed by atoms with E-state index in [1.54, 1.807) is 0 Å². The van der Waals surface area contributed by atoms with Crippen molar-refractivity contribution >= 4 is 0 Å². The summed E-state index contributed by atoms with van der Waals surface area (Å²) in [5, 5.41) is 3.32. The maximum absolute atomic E-state index is 4.64. The van der Waals surface area contributed by atoms with Gasteiger partial charge in [-0.25, -0.2) is 9.97 Å². The maximum Gasteiger partial charge on any atom is 0.125 e. The lowest BCUT2D eigenvalue weighted by molar-refractivity contribution is 0.222. The molecule has 4 heteroatoms.